The zero-order valence-corrected chi connectivity index (χ0v) is 12.0. The van der Waals surface area contributed by atoms with E-state index >= 15 is 0 Å². The van der Waals surface area contributed by atoms with Gasteiger partial charge in [-0.1, -0.05) is 18.2 Å². The quantitative estimate of drug-likeness (QED) is 0.396. The maximum atomic E-state index is 11.7. The van der Waals surface area contributed by atoms with Gasteiger partial charge >= 0.3 is 5.97 Å². The Morgan fingerprint density at radius 3 is 2.62 bits per heavy atom. The maximum absolute atomic E-state index is 11.7. The largest absolute Gasteiger partial charge is 0.481 e. The Bertz CT molecular complexity index is 614. The van der Waals surface area contributed by atoms with Gasteiger partial charge in [0.2, 0.25) is 10.0 Å². The fourth-order valence-corrected chi connectivity index (χ4v) is 2.77. The number of rotatable bonds is 9. The maximum Gasteiger partial charge on any atom is 0.303 e. The van der Waals surface area contributed by atoms with Crippen LogP contribution in [0.4, 0.5) is 5.69 Å². The fourth-order valence-electron chi connectivity index (χ4n) is 1.68. The van der Waals surface area contributed by atoms with E-state index in [9.17, 15) is 23.3 Å². The molecule has 0 aliphatic carbocycles. The molecule has 0 aliphatic rings. The van der Waals surface area contributed by atoms with Crippen molar-refractivity contribution in [1.29, 1.82) is 0 Å². The second-order valence-corrected chi connectivity index (χ2v) is 6.27. The van der Waals surface area contributed by atoms with Gasteiger partial charge in [0.25, 0.3) is 5.69 Å². The topological polar surface area (TPSA) is 127 Å². The number of nitro groups is 1. The number of nitrogens with zero attached hydrogens (tertiary/aromatic N) is 1. The number of hydrogen-bond acceptors (Lipinski definition) is 5. The van der Waals surface area contributed by atoms with E-state index < -0.39 is 20.9 Å². The van der Waals surface area contributed by atoms with E-state index in [-0.39, 0.29) is 37.2 Å². The smallest absolute Gasteiger partial charge is 0.303 e. The van der Waals surface area contributed by atoms with Crippen molar-refractivity contribution < 1.29 is 23.2 Å². The minimum Gasteiger partial charge on any atom is -0.481 e. The summed E-state index contributed by atoms with van der Waals surface area (Å²) in [6.07, 6.45) is 0.0954. The lowest BCUT2D eigenvalue weighted by molar-refractivity contribution is -0.385. The van der Waals surface area contributed by atoms with E-state index in [1.165, 1.54) is 18.2 Å². The summed E-state index contributed by atoms with van der Waals surface area (Å²) in [7, 11) is -3.59. The van der Waals surface area contributed by atoms with Crippen LogP contribution in [-0.2, 0) is 21.2 Å². The first-order chi connectivity index (χ1) is 9.82. The third-order valence-electron chi connectivity index (χ3n) is 2.72. The fraction of sp³-hybridized carbons (Fsp3) is 0.417. The van der Waals surface area contributed by atoms with Crippen molar-refractivity contribution in [2.75, 3.05) is 12.3 Å². The van der Waals surface area contributed by atoms with Crippen LogP contribution in [0.15, 0.2) is 24.3 Å². The molecule has 0 spiro atoms. The summed E-state index contributed by atoms with van der Waals surface area (Å²) in [6.45, 7) is 0.0333. The number of aliphatic carboxylic acids is 1. The van der Waals surface area contributed by atoms with Crippen LogP contribution >= 0.6 is 0 Å². The Labute approximate surface area is 122 Å². The number of aryl methyl sites for hydroxylation is 1. The Hall–Kier alpha value is -2.00. The summed E-state index contributed by atoms with van der Waals surface area (Å²) in [5, 5.41) is 19.2. The first-order valence-corrected chi connectivity index (χ1v) is 7.88. The average Bonchev–Trinajstić information content (AvgIpc) is 2.41. The van der Waals surface area contributed by atoms with Crippen LogP contribution in [0.25, 0.3) is 0 Å². The molecular formula is C12H16N2O6S. The van der Waals surface area contributed by atoms with Gasteiger partial charge in [0, 0.05) is 24.6 Å². The number of benzene rings is 1. The first kappa shape index (κ1) is 17.1. The summed E-state index contributed by atoms with van der Waals surface area (Å²) in [4.78, 5) is 20.5. The number of carbonyl (C=O) groups is 1. The van der Waals surface area contributed by atoms with E-state index in [4.69, 9.17) is 5.11 Å². The van der Waals surface area contributed by atoms with Gasteiger partial charge in [0.05, 0.1) is 10.7 Å². The second-order valence-electron chi connectivity index (χ2n) is 4.35. The van der Waals surface area contributed by atoms with Gasteiger partial charge in [-0.2, -0.15) is 0 Å². The predicted octanol–water partition coefficient (Wildman–Crippen LogP) is 0.921. The molecule has 8 nitrogen and oxygen atoms in total. The SMILES string of the molecule is O=C(O)CCCNS(=O)(=O)CCc1ccccc1[N+](=O)[O-]. The van der Waals surface area contributed by atoms with Gasteiger partial charge in [-0.3, -0.25) is 14.9 Å². The van der Waals surface area contributed by atoms with E-state index in [0.717, 1.165) is 0 Å². The van der Waals surface area contributed by atoms with Crippen molar-refractivity contribution in [1.82, 2.24) is 4.72 Å². The second kappa shape index (κ2) is 7.70. The van der Waals surface area contributed by atoms with Gasteiger partial charge < -0.3 is 5.11 Å². The molecule has 116 valence electrons. The number of nitro benzene ring substituents is 1. The highest BCUT2D eigenvalue weighted by Crippen LogP contribution is 2.18. The van der Waals surface area contributed by atoms with Crippen molar-refractivity contribution in [3.8, 4) is 0 Å². The zero-order chi connectivity index (χ0) is 15.9. The van der Waals surface area contributed by atoms with Gasteiger partial charge in [0.1, 0.15) is 0 Å². The molecule has 1 rings (SSSR count). The molecule has 0 fully saturated rings. The molecule has 1 aromatic rings. The Balaban J connectivity index is 2.54. The van der Waals surface area contributed by atoms with Crippen LogP contribution in [0.3, 0.4) is 0 Å². The molecule has 0 heterocycles. The predicted molar refractivity (Wildman–Crippen MR) is 75.5 cm³/mol. The van der Waals surface area contributed by atoms with E-state index in [1.807, 2.05) is 0 Å². The Morgan fingerprint density at radius 1 is 1.33 bits per heavy atom. The van der Waals surface area contributed by atoms with Crippen molar-refractivity contribution >= 4 is 21.7 Å². The molecule has 2 N–H and O–H groups in total. The molecule has 9 heteroatoms. The highest BCUT2D eigenvalue weighted by Gasteiger charge is 2.16. The molecule has 0 aliphatic heterocycles. The van der Waals surface area contributed by atoms with Crippen molar-refractivity contribution in [2.45, 2.75) is 19.3 Å². The third-order valence-corrected chi connectivity index (χ3v) is 4.10. The molecular weight excluding hydrogens is 300 g/mol. The molecule has 0 bridgehead atoms. The lowest BCUT2D eigenvalue weighted by atomic mass is 10.1. The number of sulfonamides is 1. The lowest BCUT2D eigenvalue weighted by Crippen LogP contribution is -2.28. The summed E-state index contributed by atoms with van der Waals surface area (Å²) >= 11 is 0. The van der Waals surface area contributed by atoms with Crippen LogP contribution < -0.4 is 4.72 Å². The van der Waals surface area contributed by atoms with Crippen LogP contribution in [0.1, 0.15) is 18.4 Å². The Kier molecular flexibility index (Phi) is 6.25. The molecule has 0 aromatic heterocycles. The highest BCUT2D eigenvalue weighted by molar-refractivity contribution is 7.89. The molecule has 21 heavy (non-hydrogen) atoms. The number of para-hydroxylation sites is 1. The number of carboxylic acid groups (broad SMARTS) is 1. The van der Waals surface area contributed by atoms with Gasteiger partial charge in [-0.15, -0.1) is 0 Å². The monoisotopic (exact) mass is 316 g/mol. The van der Waals surface area contributed by atoms with E-state index in [1.54, 1.807) is 6.07 Å². The number of hydrogen-bond donors (Lipinski definition) is 2. The number of carboxylic acids is 1. The van der Waals surface area contributed by atoms with Gasteiger partial charge in [-0.25, -0.2) is 13.1 Å². The lowest BCUT2D eigenvalue weighted by Gasteiger charge is -2.06. The van der Waals surface area contributed by atoms with Crippen LogP contribution in [0.5, 0.6) is 0 Å². The average molecular weight is 316 g/mol. The Morgan fingerprint density at radius 2 is 2.00 bits per heavy atom. The van der Waals surface area contributed by atoms with Gasteiger partial charge in [0.15, 0.2) is 0 Å². The highest BCUT2D eigenvalue weighted by atomic mass is 32.2. The summed E-state index contributed by atoms with van der Waals surface area (Å²) in [5.41, 5.74) is 0.233. The molecule has 0 saturated heterocycles. The van der Waals surface area contributed by atoms with Gasteiger partial charge in [-0.05, 0) is 12.8 Å². The van der Waals surface area contributed by atoms with E-state index in [0.29, 0.717) is 5.56 Å². The number of nitrogens with one attached hydrogen (secondary N) is 1. The normalized spacial score (nSPS) is 11.2. The molecule has 0 atom stereocenters. The first-order valence-electron chi connectivity index (χ1n) is 6.23. The molecule has 1 aromatic carbocycles. The minimum atomic E-state index is -3.59. The zero-order valence-electron chi connectivity index (χ0n) is 11.2. The van der Waals surface area contributed by atoms with Crippen LogP contribution in [-0.4, -0.2) is 36.7 Å². The van der Waals surface area contributed by atoms with Crippen molar-refractivity contribution in [3.05, 3.63) is 39.9 Å². The standard InChI is InChI=1S/C12H16N2O6S/c15-12(16)6-3-8-13-21(19,20)9-7-10-4-1-2-5-11(10)14(17)18/h1-2,4-5,13H,3,6-9H2,(H,15,16). The van der Waals surface area contributed by atoms with Crippen LogP contribution in [0, 0.1) is 10.1 Å². The van der Waals surface area contributed by atoms with E-state index in [2.05, 4.69) is 4.72 Å². The third kappa shape index (κ3) is 6.32. The molecule has 0 unspecified atom stereocenters. The van der Waals surface area contributed by atoms with Crippen LogP contribution in [0.2, 0.25) is 0 Å². The molecule has 0 saturated carbocycles. The van der Waals surface area contributed by atoms with Crippen molar-refractivity contribution in [3.63, 3.8) is 0 Å². The minimum absolute atomic E-state index is 0.0193. The molecule has 0 radical (unpaired) electrons. The molecule has 0 amide bonds. The van der Waals surface area contributed by atoms with Crippen molar-refractivity contribution in [2.24, 2.45) is 0 Å². The summed E-state index contributed by atoms with van der Waals surface area (Å²) in [5.74, 6) is -1.28. The summed E-state index contributed by atoms with van der Waals surface area (Å²) in [6, 6.07) is 5.95. The summed E-state index contributed by atoms with van der Waals surface area (Å²) < 4.78 is 25.7.